The molecule has 0 spiro atoms. The van der Waals surface area contributed by atoms with E-state index in [4.69, 9.17) is 0 Å². The quantitative estimate of drug-likeness (QED) is 0.163. The van der Waals surface area contributed by atoms with Gasteiger partial charge in [-0.15, -0.1) is 0 Å². The second-order valence-electron chi connectivity index (χ2n) is 13.2. The molecule has 9 aromatic carbocycles. The Morgan fingerprint density at radius 2 is 0.596 bits per heavy atom. The second kappa shape index (κ2) is 13.4. The average molecular weight is 660 g/mol. The molecule has 1 heteroatoms. The van der Waals surface area contributed by atoms with Gasteiger partial charge >= 0.3 is 0 Å². The molecule has 52 heavy (non-hydrogen) atoms. The van der Waals surface area contributed by atoms with Crippen molar-refractivity contribution in [2.45, 2.75) is 0 Å². The molecular formula is C51H33N. The van der Waals surface area contributed by atoms with Crippen LogP contribution < -0.4 is 0 Å². The largest absolute Gasteiger partial charge is 0.192 e. The first-order valence-corrected chi connectivity index (χ1v) is 17.6. The standard InChI is InChI=1S/C51H33N/c52-34-35-13-10-20-39(29-35)43-26-28-47-49(33-43)51(45-24-12-22-41(31-45)37-16-6-2-7-17-37)46-27-25-42(38-18-8-3-9-19-38)32-48(46)50(47)44-23-11-21-40(30-44)36-14-4-1-5-15-36/h1-33H. The van der Waals surface area contributed by atoms with Gasteiger partial charge in [-0.1, -0.05) is 164 Å². The van der Waals surface area contributed by atoms with Gasteiger partial charge in [0, 0.05) is 0 Å². The van der Waals surface area contributed by atoms with Gasteiger partial charge < -0.3 is 0 Å². The number of rotatable bonds is 6. The summed E-state index contributed by atoms with van der Waals surface area (Å²) in [5, 5.41) is 14.5. The molecule has 9 rings (SSSR count). The molecule has 1 nitrogen and oxygen atoms in total. The van der Waals surface area contributed by atoms with Crippen LogP contribution in [0, 0.1) is 11.3 Å². The normalized spacial score (nSPS) is 11.1. The first-order valence-electron chi connectivity index (χ1n) is 17.6. The Hall–Kier alpha value is -7.01. The van der Waals surface area contributed by atoms with Crippen molar-refractivity contribution in [1.82, 2.24) is 0 Å². The van der Waals surface area contributed by atoms with Crippen LogP contribution in [-0.2, 0) is 0 Å². The Kier molecular flexibility index (Phi) is 7.97. The summed E-state index contributed by atoms with van der Waals surface area (Å²) in [4.78, 5) is 0. The first kappa shape index (κ1) is 31.0. The van der Waals surface area contributed by atoms with Crippen molar-refractivity contribution >= 4 is 21.5 Å². The van der Waals surface area contributed by atoms with Gasteiger partial charge in [-0.3, -0.25) is 0 Å². The molecule has 0 radical (unpaired) electrons. The molecule has 0 atom stereocenters. The first-order chi connectivity index (χ1) is 25.7. The molecule has 0 heterocycles. The van der Waals surface area contributed by atoms with Gasteiger partial charge in [0.1, 0.15) is 0 Å². The molecule has 0 amide bonds. The van der Waals surface area contributed by atoms with E-state index in [1.807, 2.05) is 18.2 Å². The summed E-state index contributed by atoms with van der Waals surface area (Å²) in [6.07, 6.45) is 0. The van der Waals surface area contributed by atoms with E-state index < -0.39 is 0 Å². The highest BCUT2D eigenvalue weighted by molar-refractivity contribution is 6.22. The highest BCUT2D eigenvalue weighted by Crippen LogP contribution is 2.47. The SMILES string of the molecule is N#Cc1cccc(-c2ccc3c(-c4cccc(-c5ccccc5)c4)c4cc(-c5ccccc5)ccc4c(-c4cccc(-c5ccccc5)c4)c3c2)c1. The van der Waals surface area contributed by atoms with Crippen molar-refractivity contribution in [2.75, 3.05) is 0 Å². The third-order valence-corrected chi connectivity index (χ3v) is 10.1. The highest BCUT2D eigenvalue weighted by Gasteiger charge is 2.19. The Morgan fingerprint density at radius 1 is 0.250 bits per heavy atom. The van der Waals surface area contributed by atoms with Crippen LogP contribution in [0.1, 0.15) is 5.56 Å². The summed E-state index contributed by atoms with van der Waals surface area (Å²) in [7, 11) is 0. The zero-order valence-corrected chi connectivity index (χ0v) is 28.5. The Morgan fingerprint density at radius 3 is 1.04 bits per heavy atom. The molecule has 242 valence electrons. The Labute approximate surface area is 304 Å². The van der Waals surface area contributed by atoms with Gasteiger partial charge in [0.2, 0.25) is 0 Å². The van der Waals surface area contributed by atoms with Crippen LogP contribution in [0.2, 0.25) is 0 Å². The molecule has 0 saturated heterocycles. The van der Waals surface area contributed by atoms with E-state index in [2.05, 4.69) is 188 Å². The van der Waals surface area contributed by atoms with Gasteiger partial charge in [-0.05, 0) is 125 Å². The maximum Gasteiger partial charge on any atom is 0.0991 e. The molecule has 0 saturated carbocycles. The van der Waals surface area contributed by atoms with Gasteiger partial charge in [0.25, 0.3) is 0 Å². The minimum absolute atomic E-state index is 0.652. The highest BCUT2D eigenvalue weighted by atomic mass is 14.2. The molecular weight excluding hydrogens is 627 g/mol. The van der Waals surface area contributed by atoms with Gasteiger partial charge in [0.05, 0.1) is 11.6 Å². The zero-order valence-electron chi connectivity index (χ0n) is 28.5. The summed E-state index contributed by atoms with van der Waals surface area (Å²) in [6.45, 7) is 0. The summed E-state index contributed by atoms with van der Waals surface area (Å²) in [5.74, 6) is 0. The van der Waals surface area contributed by atoms with Gasteiger partial charge in [0.15, 0.2) is 0 Å². The van der Waals surface area contributed by atoms with E-state index >= 15 is 0 Å². The summed E-state index contributed by atoms with van der Waals surface area (Å²) < 4.78 is 0. The number of hydrogen-bond acceptors (Lipinski definition) is 1. The molecule has 0 aliphatic carbocycles. The minimum atomic E-state index is 0.652. The molecule has 0 N–H and O–H groups in total. The van der Waals surface area contributed by atoms with Crippen molar-refractivity contribution in [3.63, 3.8) is 0 Å². The Balaban J connectivity index is 1.40. The minimum Gasteiger partial charge on any atom is -0.192 e. The van der Waals surface area contributed by atoms with Crippen LogP contribution in [0.15, 0.2) is 200 Å². The van der Waals surface area contributed by atoms with Crippen LogP contribution in [0.25, 0.3) is 88.3 Å². The van der Waals surface area contributed by atoms with Crippen molar-refractivity contribution in [1.29, 1.82) is 5.26 Å². The molecule has 0 aliphatic rings. The fourth-order valence-corrected chi connectivity index (χ4v) is 7.58. The van der Waals surface area contributed by atoms with Crippen LogP contribution in [-0.4, -0.2) is 0 Å². The smallest absolute Gasteiger partial charge is 0.0991 e. The molecule has 0 aliphatic heterocycles. The van der Waals surface area contributed by atoms with Crippen molar-refractivity contribution in [3.8, 4) is 72.8 Å². The summed E-state index contributed by atoms with van der Waals surface area (Å²) in [6, 6.07) is 73.7. The fraction of sp³-hybridized carbons (Fsp3) is 0. The fourth-order valence-electron chi connectivity index (χ4n) is 7.58. The number of hydrogen-bond donors (Lipinski definition) is 0. The maximum atomic E-state index is 9.73. The number of fused-ring (bicyclic) bond motifs is 2. The van der Waals surface area contributed by atoms with Crippen molar-refractivity contribution in [3.05, 3.63) is 206 Å². The molecule has 0 unspecified atom stereocenters. The third-order valence-electron chi connectivity index (χ3n) is 10.1. The van der Waals surface area contributed by atoms with E-state index in [1.54, 1.807) is 0 Å². The predicted octanol–water partition coefficient (Wildman–Crippen LogP) is 13.9. The lowest BCUT2D eigenvalue weighted by atomic mass is 9.83. The summed E-state index contributed by atoms with van der Waals surface area (Å²) >= 11 is 0. The Bertz CT molecular complexity index is 2770. The van der Waals surface area contributed by atoms with Crippen LogP contribution in [0.5, 0.6) is 0 Å². The maximum absolute atomic E-state index is 9.73. The predicted molar refractivity (Wildman–Crippen MR) is 219 cm³/mol. The molecule has 0 bridgehead atoms. The van der Waals surface area contributed by atoms with E-state index in [-0.39, 0.29) is 0 Å². The lowest BCUT2D eigenvalue weighted by Gasteiger charge is -2.20. The molecule has 0 fully saturated rings. The average Bonchev–Trinajstić information content (AvgIpc) is 3.23. The lowest BCUT2D eigenvalue weighted by Crippen LogP contribution is -1.93. The van der Waals surface area contributed by atoms with E-state index in [1.165, 1.54) is 71.6 Å². The second-order valence-corrected chi connectivity index (χ2v) is 13.2. The van der Waals surface area contributed by atoms with Crippen LogP contribution >= 0.6 is 0 Å². The van der Waals surface area contributed by atoms with Gasteiger partial charge in [-0.25, -0.2) is 0 Å². The number of nitrogens with zero attached hydrogens (tertiary/aromatic N) is 1. The van der Waals surface area contributed by atoms with Crippen molar-refractivity contribution < 1.29 is 0 Å². The van der Waals surface area contributed by atoms with Crippen LogP contribution in [0.4, 0.5) is 0 Å². The topological polar surface area (TPSA) is 23.8 Å². The zero-order chi connectivity index (χ0) is 34.9. The molecule has 9 aromatic rings. The number of nitriles is 1. The number of benzene rings is 9. The van der Waals surface area contributed by atoms with E-state index in [0.717, 1.165) is 16.7 Å². The monoisotopic (exact) mass is 659 g/mol. The van der Waals surface area contributed by atoms with E-state index in [9.17, 15) is 5.26 Å². The lowest BCUT2D eigenvalue weighted by molar-refractivity contribution is 1.48. The third kappa shape index (κ3) is 5.73. The van der Waals surface area contributed by atoms with Crippen LogP contribution in [0.3, 0.4) is 0 Å². The molecule has 0 aromatic heterocycles. The van der Waals surface area contributed by atoms with Crippen molar-refractivity contribution in [2.24, 2.45) is 0 Å². The summed E-state index contributed by atoms with van der Waals surface area (Å²) in [5.41, 5.74) is 14.6. The van der Waals surface area contributed by atoms with Gasteiger partial charge in [-0.2, -0.15) is 5.26 Å². The van der Waals surface area contributed by atoms with E-state index in [0.29, 0.717) is 5.56 Å².